The van der Waals surface area contributed by atoms with Crippen LogP contribution in [-0.4, -0.2) is 28.6 Å². The molecule has 6 heteroatoms. The molecule has 1 aromatic heterocycles. The standard InChI is InChI=1S/C10H16N4OS/c1-6-3-7(2)5-14(4-6)10-8(9(11)15)12-13-16-10/h6-7H,3-5H2,1-2H3,(H2,11,15)/t6-,7-/m1/s1. The fourth-order valence-electron chi connectivity index (χ4n) is 2.38. The number of piperidine rings is 1. The molecule has 1 aliphatic rings. The topological polar surface area (TPSA) is 72.1 Å². The first-order chi connectivity index (χ1) is 7.58. The van der Waals surface area contributed by atoms with E-state index in [0.717, 1.165) is 18.1 Å². The van der Waals surface area contributed by atoms with Crippen LogP contribution in [0.1, 0.15) is 30.8 Å². The molecule has 1 saturated heterocycles. The number of nitrogens with zero attached hydrogens (tertiary/aromatic N) is 3. The summed E-state index contributed by atoms with van der Waals surface area (Å²) in [6.07, 6.45) is 1.23. The largest absolute Gasteiger partial charge is 0.364 e. The van der Waals surface area contributed by atoms with Gasteiger partial charge in [-0.15, -0.1) is 5.10 Å². The predicted octanol–water partition coefficient (Wildman–Crippen LogP) is 1.12. The van der Waals surface area contributed by atoms with E-state index in [1.54, 1.807) is 0 Å². The molecule has 16 heavy (non-hydrogen) atoms. The summed E-state index contributed by atoms with van der Waals surface area (Å²) in [6, 6.07) is 0. The summed E-state index contributed by atoms with van der Waals surface area (Å²) in [7, 11) is 0. The number of hydrogen-bond donors (Lipinski definition) is 1. The van der Waals surface area contributed by atoms with Crippen LogP contribution >= 0.6 is 11.5 Å². The van der Waals surface area contributed by atoms with Crippen LogP contribution in [0.4, 0.5) is 5.00 Å². The van der Waals surface area contributed by atoms with Gasteiger partial charge in [-0.3, -0.25) is 4.79 Å². The molecule has 2 rings (SSSR count). The quantitative estimate of drug-likeness (QED) is 0.840. The lowest BCUT2D eigenvalue weighted by atomic mass is 9.92. The maximum Gasteiger partial charge on any atom is 0.272 e. The second-order valence-electron chi connectivity index (χ2n) is 4.64. The first-order valence-electron chi connectivity index (χ1n) is 5.45. The third-order valence-electron chi connectivity index (χ3n) is 2.86. The molecule has 0 bridgehead atoms. The Morgan fingerprint density at radius 2 is 2.06 bits per heavy atom. The number of primary amides is 1. The number of carbonyl (C=O) groups excluding carboxylic acids is 1. The van der Waals surface area contributed by atoms with Crippen molar-refractivity contribution in [1.29, 1.82) is 0 Å². The molecular weight excluding hydrogens is 224 g/mol. The Morgan fingerprint density at radius 3 is 2.62 bits per heavy atom. The van der Waals surface area contributed by atoms with Crippen molar-refractivity contribution in [2.45, 2.75) is 20.3 Å². The molecule has 0 aromatic carbocycles. The fourth-order valence-corrected chi connectivity index (χ4v) is 3.07. The van der Waals surface area contributed by atoms with Gasteiger partial charge in [0.25, 0.3) is 5.91 Å². The van der Waals surface area contributed by atoms with Crippen LogP contribution in [0.5, 0.6) is 0 Å². The summed E-state index contributed by atoms with van der Waals surface area (Å²) in [5, 5.41) is 4.62. The third kappa shape index (κ3) is 2.16. The summed E-state index contributed by atoms with van der Waals surface area (Å²) in [6.45, 7) is 6.35. The van der Waals surface area contributed by atoms with Crippen LogP contribution in [0, 0.1) is 11.8 Å². The Kier molecular flexibility index (Phi) is 3.09. The number of anilines is 1. The second kappa shape index (κ2) is 4.37. The molecule has 2 N–H and O–H groups in total. The normalized spacial score (nSPS) is 25.8. The van der Waals surface area contributed by atoms with E-state index in [0.29, 0.717) is 17.5 Å². The molecule has 88 valence electrons. The van der Waals surface area contributed by atoms with Crippen molar-refractivity contribution in [3.63, 3.8) is 0 Å². The number of hydrogen-bond acceptors (Lipinski definition) is 5. The lowest BCUT2D eigenvalue weighted by molar-refractivity contribution is 0.0996. The lowest BCUT2D eigenvalue weighted by Gasteiger charge is -2.35. The molecule has 0 aliphatic carbocycles. The zero-order valence-electron chi connectivity index (χ0n) is 9.51. The van der Waals surface area contributed by atoms with Crippen molar-refractivity contribution in [1.82, 2.24) is 9.59 Å². The summed E-state index contributed by atoms with van der Waals surface area (Å²) >= 11 is 1.25. The Bertz CT molecular complexity index is 382. The molecule has 0 unspecified atom stereocenters. The van der Waals surface area contributed by atoms with E-state index in [9.17, 15) is 4.79 Å². The van der Waals surface area contributed by atoms with Gasteiger partial charge in [-0.1, -0.05) is 18.3 Å². The predicted molar refractivity (Wildman–Crippen MR) is 63.6 cm³/mol. The van der Waals surface area contributed by atoms with E-state index >= 15 is 0 Å². The van der Waals surface area contributed by atoms with E-state index in [1.807, 2.05) is 0 Å². The summed E-state index contributed by atoms with van der Waals surface area (Å²) in [5.74, 6) is 0.771. The zero-order valence-corrected chi connectivity index (χ0v) is 10.3. The second-order valence-corrected chi connectivity index (χ2v) is 5.37. The minimum Gasteiger partial charge on any atom is -0.364 e. The Hall–Kier alpha value is -1.17. The van der Waals surface area contributed by atoms with Crippen molar-refractivity contribution in [2.75, 3.05) is 18.0 Å². The first kappa shape index (κ1) is 11.3. The van der Waals surface area contributed by atoms with Crippen molar-refractivity contribution < 1.29 is 4.79 Å². The highest BCUT2D eigenvalue weighted by molar-refractivity contribution is 7.10. The molecule has 0 radical (unpaired) electrons. The molecule has 1 aliphatic heterocycles. The fraction of sp³-hybridized carbons (Fsp3) is 0.700. The van der Waals surface area contributed by atoms with Crippen LogP contribution in [-0.2, 0) is 0 Å². The highest BCUT2D eigenvalue weighted by Crippen LogP contribution is 2.30. The van der Waals surface area contributed by atoms with Crippen LogP contribution in [0.3, 0.4) is 0 Å². The van der Waals surface area contributed by atoms with E-state index < -0.39 is 5.91 Å². The SMILES string of the molecule is C[C@@H]1C[C@@H](C)CN(c2snnc2C(N)=O)C1. The minimum absolute atomic E-state index is 0.311. The molecule has 0 saturated carbocycles. The molecule has 5 nitrogen and oxygen atoms in total. The minimum atomic E-state index is -0.491. The maximum absolute atomic E-state index is 11.2. The number of rotatable bonds is 2. The summed E-state index contributed by atoms with van der Waals surface area (Å²) < 4.78 is 3.82. The Labute approximate surface area is 98.8 Å². The Balaban J connectivity index is 2.23. The Morgan fingerprint density at radius 1 is 1.44 bits per heavy atom. The van der Waals surface area contributed by atoms with Gasteiger partial charge in [0.1, 0.15) is 5.00 Å². The summed E-state index contributed by atoms with van der Waals surface area (Å²) in [4.78, 5) is 13.4. The van der Waals surface area contributed by atoms with Crippen LogP contribution in [0.25, 0.3) is 0 Å². The first-order valence-corrected chi connectivity index (χ1v) is 6.22. The van der Waals surface area contributed by atoms with Crippen LogP contribution in [0.15, 0.2) is 0 Å². The van der Waals surface area contributed by atoms with Gasteiger partial charge in [-0.2, -0.15) is 0 Å². The molecule has 0 spiro atoms. The van der Waals surface area contributed by atoms with E-state index in [4.69, 9.17) is 5.73 Å². The van der Waals surface area contributed by atoms with E-state index in [2.05, 4.69) is 28.3 Å². The van der Waals surface area contributed by atoms with Gasteiger partial charge >= 0.3 is 0 Å². The molecule has 1 amide bonds. The van der Waals surface area contributed by atoms with Crippen molar-refractivity contribution in [3.8, 4) is 0 Å². The average Bonchev–Trinajstić information content (AvgIpc) is 2.63. The van der Waals surface area contributed by atoms with Gasteiger partial charge < -0.3 is 10.6 Å². The highest BCUT2D eigenvalue weighted by Gasteiger charge is 2.26. The van der Waals surface area contributed by atoms with Crippen molar-refractivity contribution >= 4 is 22.4 Å². The van der Waals surface area contributed by atoms with Gasteiger partial charge in [0, 0.05) is 24.6 Å². The number of carbonyl (C=O) groups is 1. The third-order valence-corrected chi connectivity index (χ3v) is 3.65. The van der Waals surface area contributed by atoms with Gasteiger partial charge in [-0.25, -0.2) is 0 Å². The number of nitrogens with two attached hydrogens (primary N) is 1. The molecule has 2 heterocycles. The lowest BCUT2D eigenvalue weighted by Crippen LogP contribution is -2.39. The van der Waals surface area contributed by atoms with Crippen LogP contribution in [0.2, 0.25) is 0 Å². The number of amides is 1. The smallest absolute Gasteiger partial charge is 0.272 e. The van der Waals surface area contributed by atoms with Gasteiger partial charge in [0.2, 0.25) is 0 Å². The van der Waals surface area contributed by atoms with Crippen molar-refractivity contribution in [3.05, 3.63) is 5.69 Å². The average molecular weight is 240 g/mol. The van der Waals surface area contributed by atoms with Crippen molar-refractivity contribution in [2.24, 2.45) is 17.6 Å². The van der Waals surface area contributed by atoms with Gasteiger partial charge in [0.05, 0.1) is 0 Å². The highest BCUT2D eigenvalue weighted by atomic mass is 32.1. The van der Waals surface area contributed by atoms with E-state index in [-0.39, 0.29) is 0 Å². The molecular formula is C10H16N4OS. The maximum atomic E-state index is 11.2. The monoisotopic (exact) mass is 240 g/mol. The zero-order chi connectivity index (χ0) is 11.7. The van der Waals surface area contributed by atoms with Gasteiger partial charge in [0.15, 0.2) is 5.69 Å². The van der Waals surface area contributed by atoms with Crippen LogP contribution < -0.4 is 10.6 Å². The van der Waals surface area contributed by atoms with Gasteiger partial charge in [-0.05, 0) is 18.3 Å². The molecule has 1 aromatic rings. The summed E-state index contributed by atoms with van der Waals surface area (Å²) in [5.41, 5.74) is 5.58. The molecule has 2 atom stereocenters. The number of aromatic nitrogens is 2. The van der Waals surface area contributed by atoms with E-state index in [1.165, 1.54) is 18.0 Å². The molecule has 1 fully saturated rings.